The molecule has 0 saturated heterocycles. The van der Waals surface area contributed by atoms with Crippen molar-refractivity contribution in [1.29, 1.82) is 0 Å². The van der Waals surface area contributed by atoms with Crippen molar-refractivity contribution in [1.82, 2.24) is 14.9 Å². The van der Waals surface area contributed by atoms with Crippen molar-refractivity contribution in [3.05, 3.63) is 58.1 Å². The molecule has 0 bridgehead atoms. The van der Waals surface area contributed by atoms with Crippen LogP contribution in [-0.2, 0) is 0 Å². The van der Waals surface area contributed by atoms with Gasteiger partial charge in [-0.3, -0.25) is 14.9 Å². The molecule has 0 aliphatic carbocycles. The predicted octanol–water partition coefficient (Wildman–Crippen LogP) is 4.21. The molecule has 0 N–H and O–H groups in total. The summed E-state index contributed by atoms with van der Waals surface area (Å²) in [7, 11) is 0. The molecule has 0 aliphatic rings. The molecule has 0 amide bonds. The maximum atomic E-state index is 6.32. The standard InChI is InChI=1S/C15H17Cl2N3/c1-3-20(4-2)15(13-11(16)7-5-9-18-13)14-12(17)8-6-10-19-14/h5-10,15H,3-4H2,1-2H3. The number of rotatable bonds is 5. The van der Waals surface area contributed by atoms with E-state index in [4.69, 9.17) is 23.2 Å². The molecule has 0 spiro atoms. The Kier molecular flexibility index (Phi) is 5.35. The topological polar surface area (TPSA) is 29.0 Å². The number of nitrogens with zero attached hydrogens (tertiary/aromatic N) is 3. The first-order chi connectivity index (χ1) is 9.69. The molecule has 2 aromatic rings. The number of hydrogen-bond acceptors (Lipinski definition) is 3. The van der Waals surface area contributed by atoms with Crippen LogP contribution in [-0.4, -0.2) is 28.0 Å². The van der Waals surface area contributed by atoms with Crippen molar-refractivity contribution in [2.24, 2.45) is 0 Å². The van der Waals surface area contributed by atoms with Crippen LogP contribution in [0.3, 0.4) is 0 Å². The van der Waals surface area contributed by atoms with Crippen molar-refractivity contribution < 1.29 is 0 Å². The number of aromatic nitrogens is 2. The molecular formula is C15H17Cl2N3. The maximum Gasteiger partial charge on any atom is 0.0980 e. The second kappa shape index (κ2) is 7.02. The van der Waals surface area contributed by atoms with E-state index in [0.717, 1.165) is 24.5 Å². The minimum Gasteiger partial charge on any atom is -0.290 e. The number of hydrogen-bond donors (Lipinski definition) is 0. The molecule has 2 rings (SSSR count). The van der Waals surface area contributed by atoms with Crippen molar-refractivity contribution in [2.45, 2.75) is 19.9 Å². The molecule has 0 fully saturated rings. The first kappa shape index (κ1) is 15.2. The van der Waals surface area contributed by atoms with Gasteiger partial charge in [0.25, 0.3) is 0 Å². The van der Waals surface area contributed by atoms with Gasteiger partial charge in [0.15, 0.2) is 0 Å². The van der Waals surface area contributed by atoms with E-state index in [2.05, 4.69) is 28.7 Å². The van der Waals surface area contributed by atoms with E-state index in [9.17, 15) is 0 Å². The van der Waals surface area contributed by atoms with Gasteiger partial charge in [-0.15, -0.1) is 0 Å². The highest BCUT2D eigenvalue weighted by Crippen LogP contribution is 2.33. The Morgan fingerprint density at radius 2 is 1.40 bits per heavy atom. The van der Waals surface area contributed by atoms with Crippen LogP contribution in [0.5, 0.6) is 0 Å². The van der Waals surface area contributed by atoms with Crippen LogP contribution in [0.25, 0.3) is 0 Å². The minimum atomic E-state index is -0.132. The summed E-state index contributed by atoms with van der Waals surface area (Å²) in [5.41, 5.74) is 1.58. The van der Waals surface area contributed by atoms with Gasteiger partial charge in [0.2, 0.25) is 0 Å². The van der Waals surface area contributed by atoms with E-state index in [1.807, 2.05) is 24.3 Å². The van der Waals surface area contributed by atoms with Gasteiger partial charge in [0, 0.05) is 12.4 Å². The van der Waals surface area contributed by atoms with Crippen LogP contribution < -0.4 is 0 Å². The summed E-state index contributed by atoms with van der Waals surface area (Å²) in [6, 6.07) is 7.21. The zero-order valence-electron chi connectivity index (χ0n) is 11.6. The summed E-state index contributed by atoms with van der Waals surface area (Å²) in [6.45, 7) is 5.93. The first-order valence-electron chi connectivity index (χ1n) is 6.63. The lowest BCUT2D eigenvalue weighted by atomic mass is 10.1. The lowest BCUT2D eigenvalue weighted by molar-refractivity contribution is 0.243. The molecule has 0 aromatic carbocycles. The van der Waals surface area contributed by atoms with E-state index in [-0.39, 0.29) is 6.04 Å². The average Bonchev–Trinajstić information content (AvgIpc) is 2.47. The van der Waals surface area contributed by atoms with Crippen molar-refractivity contribution in [3.8, 4) is 0 Å². The largest absolute Gasteiger partial charge is 0.290 e. The zero-order valence-corrected chi connectivity index (χ0v) is 13.1. The van der Waals surface area contributed by atoms with Crippen LogP contribution in [0.15, 0.2) is 36.7 Å². The van der Waals surface area contributed by atoms with E-state index in [1.54, 1.807) is 12.4 Å². The third kappa shape index (κ3) is 3.11. The van der Waals surface area contributed by atoms with Crippen LogP contribution in [0, 0.1) is 0 Å². The van der Waals surface area contributed by atoms with Gasteiger partial charge in [-0.1, -0.05) is 37.0 Å². The molecule has 3 nitrogen and oxygen atoms in total. The van der Waals surface area contributed by atoms with Gasteiger partial charge in [0.1, 0.15) is 0 Å². The molecule has 20 heavy (non-hydrogen) atoms. The quantitative estimate of drug-likeness (QED) is 0.828. The highest BCUT2D eigenvalue weighted by Gasteiger charge is 2.26. The van der Waals surface area contributed by atoms with Gasteiger partial charge in [-0.05, 0) is 37.4 Å². The zero-order chi connectivity index (χ0) is 14.5. The van der Waals surface area contributed by atoms with Crippen molar-refractivity contribution in [3.63, 3.8) is 0 Å². The van der Waals surface area contributed by atoms with Crippen LogP contribution >= 0.6 is 23.2 Å². The third-order valence-corrected chi connectivity index (χ3v) is 3.91. The second-order valence-electron chi connectivity index (χ2n) is 4.36. The van der Waals surface area contributed by atoms with Crippen LogP contribution in [0.2, 0.25) is 10.0 Å². The molecule has 106 valence electrons. The Bertz CT molecular complexity index is 525. The van der Waals surface area contributed by atoms with E-state index in [1.165, 1.54) is 0 Å². The molecule has 0 unspecified atom stereocenters. The van der Waals surface area contributed by atoms with Gasteiger partial charge in [0.05, 0.1) is 27.5 Å². The Hall–Kier alpha value is -1.16. The van der Waals surface area contributed by atoms with Crippen LogP contribution in [0.4, 0.5) is 0 Å². The Morgan fingerprint density at radius 1 is 0.950 bits per heavy atom. The monoisotopic (exact) mass is 309 g/mol. The van der Waals surface area contributed by atoms with E-state index < -0.39 is 0 Å². The molecule has 0 saturated carbocycles. The minimum absolute atomic E-state index is 0.132. The SMILES string of the molecule is CCN(CC)C(c1ncccc1Cl)c1ncccc1Cl. The summed E-state index contributed by atoms with van der Waals surface area (Å²) in [5, 5.41) is 1.26. The van der Waals surface area contributed by atoms with Gasteiger partial charge < -0.3 is 0 Å². The number of halogens is 2. The molecule has 0 atom stereocenters. The highest BCUT2D eigenvalue weighted by atomic mass is 35.5. The van der Waals surface area contributed by atoms with E-state index >= 15 is 0 Å². The fourth-order valence-corrected chi connectivity index (χ4v) is 2.71. The lowest BCUT2D eigenvalue weighted by Crippen LogP contribution is -2.31. The maximum absolute atomic E-state index is 6.32. The lowest BCUT2D eigenvalue weighted by Gasteiger charge is -2.29. The van der Waals surface area contributed by atoms with Gasteiger partial charge >= 0.3 is 0 Å². The summed E-state index contributed by atoms with van der Waals surface area (Å²) in [6.07, 6.45) is 3.49. The van der Waals surface area contributed by atoms with E-state index in [0.29, 0.717) is 10.0 Å². The first-order valence-corrected chi connectivity index (χ1v) is 7.39. The summed E-state index contributed by atoms with van der Waals surface area (Å²) in [5.74, 6) is 0. The molecule has 0 aliphatic heterocycles. The Morgan fingerprint density at radius 3 is 1.75 bits per heavy atom. The van der Waals surface area contributed by atoms with Gasteiger partial charge in [-0.2, -0.15) is 0 Å². The average molecular weight is 310 g/mol. The highest BCUT2D eigenvalue weighted by molar-refractivity contribution is 6.32. The predicted molar refractivity (Wildman–Crippen MR) is 83.3 cm³/mol. The number of pyridine rings is 2. The summed E-state index contributed by atoms with van der Waals surface area (Å²) < 4.78 is 0. The third-order valence-electron chi connectivity index (χ3n) is 3.27. The van der Waals surface area contributed by atoms with Gasteiger partial charge in [-0.25, -0.2) is 0 Å². The molecule has 0 radical (unpaired) electrons. The second-order valence-corrected chi connectivity index (χ2v) is 5.18. The molecule has 2 heterocycles. The van der Waals surface area contributed by atoms with Crippen molar-refractivity contribution in [2.75, 3.05) is 13.1 Å². The summed E-state index contributed by atoms with van der Waals surface area (Å²) >= 11 is 12.6. The Labute approximate surface area is 129 Å². The molecule has 5 heteroatoms. The summed E-state index contributed by atoms with van der Waals surface area (Å²) in [4.78, 5) is 11.1. The fourth-order valence-electron chi connectivity index (χ4n) is 2.26. The van der Waals surface area contributed by atoms with Crippen molar-refractivity contribution >= 4 is 23.2 Å². The Balaban J connectivity index is 2.57. The smallest absolute Gasteiger partial charge is 0.0980 e. The normalized spacial score (nSPS) is 11.3. The van der Waals surface area contributed by atoms with Crippen LogP contribution in [0.1, 0.15) is 31.3 Å². The fraction of sp³-hybridized carbons (Fsp3) is 0.333. The molecular weight excluding hydrogens is 293 g/mol. The molecule has 2 aromatic heterocycles.